The van der Waals surface area contributed by atoms with Gasteiger partial charge >= 0.3 is 0 Å². The average Bonchev–Trinajstić information content (AvgIpc) is 1.83. The van der Waals surface area contributed by atoms with Crippen LogP contribution < -0.4 is 0 Å². The first-order valence-electron chi connectivity index (χ1n) is 4.13. The number of likely N-dealkylation sites (tertiary alicyclic amines) is 1. The quantitative estimate of drug-likeness (QED) is 0.659. The van der Waals surface area contributed by atoms with E-state index >= 15 is 0 Å². The molecule has 0 radical (unpaired) electrons. The largest absolute Gasteiger partial charge is 0.298 e. The van der Waals surface area contributed by atoms with E-state index in [1.54, 1.807) is 0 Å². The summed E-state index contributed by atoms with van der Waals surface area (Å²) in [5.41, 5.74) is 0.315. The molecule has 1 nitrogen and oxygen atoms in total. The number of hydrogen-bond donors (Lipinski definition) is 0. The molecule has 1 aliphatic rings. The van der Waals surface area contributed by atoms with Crippen molar-refractivity contribution in [2.45, 2.75) is 36.0 Å². The van der Waals surface area contributed by atoms with Gasteiger partial charge in [-0.3, -0.25) is 4.90 Å². The topological polar surface area (TPSA) is 3.24 Å². The third kappa shape index (κ3) is 2.95. The third-order valence-corrected chi connectivity index (χ3v) is 3.08. The molecule has 1 heterocycles. The summed E-state index contributed by atoms with van der Waals surface area (Å²) in [4.78, 5) is 2.34. The van der Waals surface area contributed by atoms with E-state index in [0.29, 0.717) is 12.0 Å². The highest BCUT2D eigenvalue weighted by Gasteiger charge is 2.36. The smallest absolute Gasteiger partial charge is 0.191 e. The van der Waals surface area contributed by atoms with Gasteiger partial charge in [0.05, 0.1) is 0 Å². The Morgan fingerprint density at radius 2 is 1.92 bits per heavy atom. The first kappa shape index (κ1) is 10.9. The summed E-state index contributed by atoms with van der Waals surface area (Å²) in [5.74, 6) is 0. The van der Waals surface area contributed by atoms with Crippen molar-refractivity contribution in [1.82, 2.24) is 4.90 Å². The summed E-state index contributed by atoms with van der Waals surface area (Å²) >= 11 is 17.0. The molecule has 0 amide bonds. The summed E-state index contributed by atoms with van der Waals surface area (Å²) in [6.45, 7) is 6.45. The fourth-order valence-electron chi connectivity index (χ4n) is 1.39. The maximum absolute atomic E-state index is 5.66. The fraction of sp³-hybridized carbons (Fsp3) is 1.00. The minimum absolute atomic E-state index is 0.315. The molecular weight excluding hydrogens is 216 g/mol. The lowest BCUT2D eigenvalue weighted by molar-refractivity contribution is 0.0156. The zero-order valence-corrected chi connectivity index (χ0v) is 9.68. The van der Waals surface area contributed by atoms with E-state index in [2.05, 4.69) is 18.7 Å². The van der Waals surface area contributed by atoms with Gasteiger partial charge in [-0.15, -0.1) is 0 Å². The van der Waals surface area contributed by atoms with Crippen LogP contribution >= 0.6 is 34.8 Å². The zero-order chi connectivity index (χ0) is 9.41. The molecule has 0 unspecified atom stereocenters. The van der Waals surface area contributed by atoms with Crippen LogP contribution in [-0.2, 0) is 0 Å². The van der Waals surface area contributed by atoms with Crippen molar-refractivity contribution >= 4 is 34.8 Å². The summed E-state index contributed by atoms with van der Waals surface area (Å²) < 4.78 is -1.09. The van der Waals surface area contributed by atoms with Crippen LogP contribution in [0.3, 0.4) is 0 Å². The van der Waals surface area contributed by atoms with Crippen LogP contribution in [0, 0.1) is 0 Å². The van der Waals surface area contributed by atoms with E-state index < -0.39 is 3.79 Å². The Morgan fingerprint density at radius 1 is 1.33 bits per heavy atom. The molecule has 1 rings (SSSR count). The highest BCUT2D eigenvalue weighted by molar-refractivity contribution is 6.67. The molecule has 0 aromatic heterocycles. The molecule has 0 N–H and O–H groups in total. The molecule has 4 heteroatoms. The maximum Gasteiger partial charge on any atom is 0.191 e. The molecular formula is C8H14Cl3N. The van der Waals surface area contributed by atoms with E-state index in [4.69, 9.17) is 34.8 Å². The van der Waals surface area contributed by atoms with Crippen LogP contribution in [0.2, 0.25) is 0 Å². The minimum atomic E-state index is -1.09. The normalized spacial score (nSPS) is 23.8. The van der Waals surface area contributed by atoms with Gasteiger partial charge in [0.2, 0.25) is 0 Å². The zero-order valence-electron chi connectivity index (χ0n) is 7.41. The fourth-order valence-corrected chi connectivity index (χ4v) is 1.65. The second-order valence-electron chi connectivity index (χ2n) is 3.91. The van der Waals surface area contributed by atoms with Gasteiger partial charge in [-0.05, 0) is 20.3 Å². The number of rotatable bonds is 2. The van der Waals surface area contributed by atoms with Gasteiger partial charge in [0.15, 0.2) is 3.79 Å². The molecule has 1 fully saturated rings. The summed E-state index contributed by atoms with van der Waals surface area (Å²) in [5, 5.41) is 0. The number of nitrogens with zero attached hydrogens (tertiary/aromatic N) is 1. The molecule has 0 saturated carbocycles. The molecule has 0 aromatic carbocycles. The van der Waals surface area contributed by atoms with Crippen molar-refractivity contribution in [3.8, 4) is 0 Å². The van der Waals surface area contributed by atoms with E-state index in [-0.39, 0.29) is 0 Å². The number of hydrogen-bond acceptors (Lipinski definition) is 1. The van der Waals surface area contributed by atoms with Gasteiger partial charge in [-0.2, -0.15) is 0 Å². The molecule has 12 heavy (non-hydrogen) atoms. The van der Waals surface area contributed by atoms with Gasteiger partial charge in [-0.25, -0.2) is 0 Å². The van der Waals surface area contributed by atoms with Gasteiger partial charge in [0, 0.05) is 25.0 Å². The Morgan fingerprint density at radius 3 is 2.17 bits per heavy atom. The Balaban J connectivity index is 2.25. The standard InChI is InChI=1S/C8H14Cl3N/c1-7(2)3-5-12(7)6-4-8(9,10)11/h3-6H2,1-2H3. The van der Waals surface area contributed by atoms with Crippen molar-refractivity contribution < 1.29 is 0 Å². The SMILES string of the molecule is CC1(C)CCN1CCC(Cl)(Cl)Cl. The van der Waals surface area contributed by atoms with Gasteiger partial charge < -0.3 is 0 Å². The third-order valence-electron chi connectivity index (χ3n) is 2.51. The van der Waals surface area contributed by atoms with E-state index in [1.807, 2.05) is 0 Å². The van der Waals surface area contributed by atoms with Crippen molar-refractivity contribution in [3.63, 3.8) is 0 Å². The summed E-state index contributed by atoms with van der Waals surface area (Å²) in [6, 6.07) is 0. The second-order valence-corrected chi connectivity index (χ2v) is 6.43. The monoisotopic (exact) mass is 229 g/mol. The lowest BCUT2D eigenvalue weighted by atomic mass is 9.89. The molecule has 0 spiro atoms. The Hall–Kier alpha value is 0.830. The molecule has 0 bridgehead atoms. The Kier molecular flexibility index (Phi) is 3.21. The van der Waals surface area contributed by atoms with Crippen molar-refractivity contribution in [2.24, 2.45) is 0 Å². The van der Waals surface area contributed by atoms with Crippen LogP contribution in [0.4, 0.5) is 0 Å². The van der Waals surface area contributed by atoms with Crippen molar-refractivity contribution in [1.29, 1.82) is 0 Å². The second kappa shape index (κ2) is 3.53. The summed E-state index contributed by atoms with van der Waals surface area (Å²) in [7, 11) is 0. The first-order valence-corrected chi connectivity index (χ1v) is 5.26. The Bertz CT molecular complexity index is 162. The van der Waals surface area contributed by atoms with Gasteiger partial charge in [0.25, 0.3) is 0 Å². The van der Waals surface area contributed by atoms with E-state index in [1.165, 1.54) is 6.42 Å². The predicted molar refractivity (Wildman–Crippen MR) is 55.2 cm³/mol. The number of alkyl halides is 3. The lowest BCUT2D eigenvalue weighted by Gasteiger charge is -2.49. The average molecular weight is 231 g/mol. The van der Waals surface area contributed by atoms with Crippen LogP contribution in [-0.4, -0.2) is 27.3 Å². The predicted octanol–water partition coefficient (Wildman–Crippen LogP) is 3.23. The first-order chi connectivity index (χ1) is 5.31. The van der Waals surface area contributed by atoms with E-state index in [9.17, 15) is 0 Å². The molecule has 0 aliphatic carbocycles. The lowest BCUT2D eigenvalue weighted by Crippen LogP contribution is -2.56. The summed E-state index contributed by atoms with van der Waals surface area (Å²) in [6.07, 6.45) is 1.86. The van der Waals surface area contributed by atoms with Gasteiger partial charge in [-0.1, -0.05) is 34.8 Å². The molecule has 1 saturated heterocycles. The Labute approximate surface area is 89.0 Å². The van der Waals surface area contributed by atoms with Crippen LogP contribution in [0.15, 0.2) is 0 Å². The van der Waals surface area contributed by atoms with Crippen LogP contribution in [0.5, 0.6) is 0 Å². The molecule has 0 atom stereocenters. The molecule has 1 aliphatic heterocycles. The highest BCUT2D eigenvalue weighted by atomic mass is 35.6. The maximum atomic E-state index is 5.66. The van der Waals surface area contributed by atoms with Crippen LogP contribution in [0.25, 0.3) is 0 Å². The molecule has 0 aromatic rings. The highest BCUT2D eigenvalue weighted by Crippen LogP contribution is 2.34. The van der Waals surface area contributed by atoms with Crippen LogP contribution in [0.1, 0.15) is 26.7 Å². The van der Waals surface area contributed by atoms with Crippen molar-refractivity contribution in [3.05, 3.63) is 0 Å². The number of halogens is 3. The van der Waals surface area contributed by atoms with E-state index in [0.717, 1.165) is 13.1 Å². The molecule has 72 valence electrons. The minimum Gasteiger partial charge on any atom is -0.298 e. The van der Waals surface area contributed by atoms with Gasteiger partial charge in [0.1, 0.15) is 0 Å². The van der Waals surface area contributed by atoms with Crippen molar-refractivity contribution in [2.75, 3.05) is 13.1 Å².